The molecule has 0 aliphatic carbocycles. The van der Waals surface area contributed by atoms with Crippen molar-refractivity contribution in [2.24, 2.45) is 5.41 Å². The molecule has 1 fully saturated rings. The molecule has 2 N–H and O–H groups in total. The highest BCUT2D eigenvalue weighted by Crippen LogP contribution is 2.41. The fourth-order valence-electron chi connectivity index (χ4n) is 2.61. The number of hydrogen-bond donors (Lipinski definition) is 2. The SMILES string of the molecule is CC1(C)CSCC(CO)(Nc2ccccc2Br)C1. The molecule has 18 heavy (non-hydrogen) atoms. The number of hydrogen-bond acceptors (Lipinski definition) is 3. The molecule has 1 saturated heterocycles. The zero-order chi connectivity index (χ0) is 13.2. The first-order valence-electron chi connectivity index (χ1n) is 6.18. The average molecular weight is 330 g/mol. The molecule has 1 aromatic rings. The molecule has 1 atom stereocenters. The van der Waals surface area contributed by atoms with Crippen LogP contribution in [0, 0.1) is 5.41 Å². The van der Waals surface area contributed by atoms with Gasteiger partial charge in [0.15, 0.2) is 0 Å². The Bertz CT molecular complexity index is 424. The maximum atomic E-state index is 9.83. The second-order valence-corrected chi connectivity index (χ2v) is 7.72. The predicted octanol–water partition coefficient (Wildman–Crippen LogP) is 3.76. The van der Waals surface area contributed by atoms with Crippen LogP contribution >= 0.6 is 27.7 Å². The highest BCUT2D eigenvalue weighted by Gasteiger charge is 2.40. The Morgan fingerprint density at radius 3 is 2.67 bits per heavy atom. The fourth-order valence-corrected chi connectivity index (χ4v) is 4.41. The van der Waals surface area contributed by atoms with Gasteiger partial charge in [-0.1, -0.05) is 26.0 Å². The average Bonchev–Trinajstić information content (AvgIpc) is 2.31. The maximum absolute atomic E-state index is 9.83. The van der Waals surface area contributed by atoms with Gasteiger partial charge in [0.1, 0.15) is 0 Å². The molecule has 100 valence electrons. The summed E-state index contributed by atoms with van der Waals surface area (Å²) in [5.41, 5.74) is 1.11. The molecule has 1 aromatic carbocycles. The first kappa shape index (κ1) is 14.2. The van der Waals surface area contributed by atoms with E-state index in [2.05, 4.69) is 35.1 Å². The van der Waals surface area contributed by atoms with E-state index >= 15 is 0 Å². The van der Waals surface area contributed by atoms with E-state index in [0.29, 0.717) is 0 Å². The third-order valence-corrected chi connectivity index (χ3v) is 5.70. The quantitative estimate of drug-likeness (QED) is 0.885. The van der Waals surface area contributed by atoms with Gasteiger partial charge in [-0.3, -0.25) is 0 Å². The van der Waals surface area contributed by atoms with Crippen molar-refractivity contribution < 1.29 is 5.11 Å². The lowest BCUT2D eigenvalue weighted by Crippen LogP contribution is -2.51. The van der Waals surface area contributed by atoms with Gasteiger partial charge in [0, 0.05) is 15.9 Å². The van der Waals surface area contributed by atoms with Gasteiger partial charge in [-0.2, -0.15) is 11.8 Å². The van der Waals surface area contributed by atoms with Crippen LogP contribution in [0.3, 0.4) is 0 Å². The molecule has 1 aliphatic rings. The second kappa shape index (κ2) is 5.43. The highest BCUT2D eigenvalue weighted by molar-refractivity contribution is 9.10. The molecule has 2 nitrogen and oxygen atoms in total. The van der Waals surface area contributed by atoms with Crippen molar-refractivity contribution >= 4 is 33.4 Å². The van der Waals surface area contributed by atoms with E-state index < -0.39 is 0 Å². The van der Waals surface area contributed by atoms with Crippen LogP contribution in [0.15, 0.2) is 28.7 Å². The molecule has 0 aromatic heterocycles. The van der Waals surface area contributed by atoms with Crippen molar-refractivity contribution in [2.75, 3.05) is 23.4 Å². The van der Waals surface area contributed by atoms with Crippen LogP contribution in [0.4, 0.5) is 5.69 Å². The lowest BCUT2D eigenvalue weighted by molar-refractivity contribution is 0.174. The van der Waals surface area contributed by atoms with Crippen molar-refractivity contribution in [1.82, 2.24) is 0 Å². The highest BCUT2D eigenvalue weighted by atomic mass is 79.9. The lowest BCUT2D eigenvalue weighted by Gasteiger charge is -2.44. The summed E-state index contributed by atoms with van der Waals surface area (Å²) in [6, 6.07) is 8.09. The molecule has 0 amide bonds. The molecule has 2 rings (SSSR count). The number of aliphatic hydroxyl groups excluding tert-OH is 1. The molecular formula is C14H20BrNOS. The number of aliphatic hydroxyl groups is 1. The molecule has 0 saturated carbocycles. The van der Waals surface area contributed by atoms with E-state index in [1.165, 1.54) is 0 Å². The zero-order valence-corrected chi connectivity index (χ0v) is 13.3. The van der Waals surface area contributed by atoms with Gasteiger partial charge in [0.2, 0.25) is 0 Å². The Balaban J connectivity index is 2.21. The van der Waals surface area contributed by atoms with Crippen molar-refractivity contribution in [3.63, 3.8) is 0 Å². The minimum atomic E-state index is -0.212. The number of benzene rings is 1. The molecule has 0 radical (unpaired) electrons. The van der Waals surface area contributed by atoms with Gasteiger partial charge in [-0.05, 0) is 45.7 Å². The summed E-state index contributed by atoms with van der Waals surface area (Å²) < 4.78 is 1.05. The minimum absolute atomic E-state index is 0.171. The molecule has 0 bridgehead atoms. The van der Waals surface area contributed by atoms with E-state index in [4.69, 9.17) is 0 Å². The third-order valence-electron chi connectivity index (χ3n) is 3.26. The van der Waals surface area contributed by atoms with Crippen LogP contribution in [0.25, 0.3) is 0 Å². The smallest absolute Gasteiger partial charge is 0.0699 e. The molecule has 1 heterocycles. The van der Waals surface area contributed by atoms with Crippen LogP contribution in [0.5, 0.6) is 0 Å². The summed E-state index contributed by atoms with van der Waals surface area (Å²) in [5, 5.41) is 13.4. The Kier molecular flexibility index (Phi) is 4.29. The lowest BCUT2D eigenvalue weighted by atomic mass is 9.80. The van der Waals surface area contributed by atoms with E-state index in [-0.39, 0.29) is 17.6 Å². The van der Waals surface area contributed by atoms with Gasteiger partial charge >= 0.3 is 0 Å². The van der Waals surface area contributed by atoms with E-state index in [1.54, 1.807) is 0 Å². The van der Waals surface area contributed by atoms with Crippen LogP contribution in [0.1, 0.15) is 20.3 Å². The molecular weight excluding hydrogens is 310 g/mol. The fraction of sp³-hybridized carbons (Fsp3) is 0.571. The van der Waals surface area contributed by atoms with E-state index in [9.17, 15) is 5.11 Å². The number of rotatable bonds is 3. The van der Waals surface area contributed by atoms with Crippen molar-refractivity contribution in [2.45, 2.75) is 25.8 Å². The maximum Gasteiger partial charge on any atom is 0.0699 e. The number of anilines is 1. The zero-order valence-electron chi connectivity index (χ0n) is 10.9. The molecule has 4 heteroatoms. The van der Waals surface area contributed by atoms with Crippen LogP contribution in [-0.4, -0.2) is 28.8 Å². The van der Waals surface area contributed by atoms with E-state index in [1.807, 2.05) is 36.0 Å². The van der Waals surface area contributed by atoms with Crippen molar-refractivity contribution in [3.8, 4) is 0 Å². The summed E-state index contributed by atoms with van der Waals surface area (Å²) in [4.78, 5) is 0. The predicted molar refractivity (Wildman–Crippen MR) is 83.3 cm³/mol. The summed E-state index contributed by atoms with van der Waals surface area (Å²) in [7, 11) is 0. The monoisotopic (exact) mass is 329 g/mol. The van der Waals surface area contributed by atoms with Gasteiger partial charge < -0.3 is 10.4 Å². The largest absolute Gasteiger partial charge is 0.394 e. The Labute approximate surface area is 122 Å². The van der Waals surface area contributed by atoms with Gasteiger partial charge in [-0.15, -0.1) is 0 Å². The number of nitrogens with one attached hydrogen (secondary N) is 1. The Morgan fingerprint density at radius 1 is 1.33 bits per heavy atom. The molecule has 1 aliphatic heterocycles. The van der Waals surface area contributed by atoms with Gasteiger partial charge in [0.05, 0.1) is 12.1 Å². The third kappa shape index (κ3) is 3.22. The first-order chi connectivity index (χ1) is 8.46. The van der Waals surface area contributed by atoms with Crippen molar-refractivity contribution in [3.05, 3.63) is 28.7 Å². The molecule has 1 unspecified atom stereocenters. The normalized spacial score (nSPS) is 26.9. The number of halogens is 1. The van der Waals surface area contributed by atoms with Crippen LogP contribution < -0.4 is 5.32 Å². The summed E-state index contributed by atoms with van der Waals surface area (Å²) in [5.74, 6) is 2.11. The van der Waals surface area contributed by atoms with Crippen LogP contribution in [0.2, 0.25) is 0 Å². The summed E-state index contributed by atoms with van der Waals surface area (Å²) in [6.07, 6.45) is 0.991. The van der Waals surface area contributed by atoms with Crippen LogP contribution in [-0.2, 0) is 0 Å². The second-order valence-electron chi connectivity index (χ2n) is 5.88. The first-order valence-corrected chi connectivity index (χ1v) is 8.13. The summed E-state index contributed by atoms with van der Waals surface area (Å²) >= 11 is 5.47. The van der Waals surface area contributed by atoms with Crippen molar-refractivity contribution in [1.29, 1.82) is 0 Å². The van der Waals surface area contributed by atoms with Gasteiger partial charge in [0.25, 0.3) is 0 Å². The number of para-hydroxylation sites is 1. The summed E-state index contributed by atoms with van der Waals surface area (Å²) in [6.45, 7) is 4.71. The number of thioether (sulfide) groups is 1. The minimum Gasteiger partial charge on any atom is -0.394 e. The van der Waals surface area contributed by atoms with E-state index in [0.717, 1.165) is 28.1 Å². The topological polar surface area (TPSA) is 32.3 Å². The Hall–Kier alpha value is -0.190. The van der Waals surface area contributed by atoms with Gasteiger partial charge in [-0.25, -0.2) is 0 Å². The standard InChI is InChI=1S/C14H20BrNOS/c1-13(2)7-14(8-17,10-18-9-13)16-12-6-4-3-5-11(12)15/h3-6,16-17H,7-10H2,1-2H3. The molecule has 0 spiro atoms. The Morgan fingerprint density at radius 2 is 2.06 bits per heavy atom.